The average Bonchev–Trinajstić information content (AvgIpc) is 2.94. The lowest BCUT2D eigenvalue weighted by atomic mass is 9.80. The maximum absolute atomic E-state index is 5.89. The molecule has 1 aliphatic carbocycles. The molecule has 0 aromatic carbocycles. The third kappa shape index (κ3) is 2.18. The van der Waals surface area contributed by atoms with Crippen LogP contribution in [-0.2, 0) is 6.42 Å². The van der Waals surface area contributed by atoms with E-state index in [2.05, 4.69) is 24.4 Å². The molecule has 0 aliphatic heterocycles. The molecule has 1 unspecified atom stereocenters. The first kappa shape index (κ1) is 10.2. The predicted octanol–water partition coefficient (Wildman–Crippen LogP) is 3.06. The molecule has 1 aromatic heterocycles. The molecule has 1 aromatic rings. The fourth-order valence-electron chi connectivity index (χ4n) is 2.12. The van der Waals surface area contributed by atoms with E-state index in [-0.39, 0.29) is 0 Å². The van der Waals surface area contributed by atoms with Gasteiger partial charge in [0.2, 0.25) is 0 Å². The molecule has 14 heavy (non-hydrogen) atoms. The molecule has 2 heteroatoms. The minimum absolute atomic E-state index is 0.407. The zero-order valence-electron chi connectivity index (χ0n) is 8.83. The minimum Gasteiger partial charge on any atom is -0.330 e. The summed E-state index contributed by atoms with van der Waals surface area (Å²) < 4.78 is 0. The summed E-state index contributed by atoms with van der Waals surface area (Å²) in [7, 11) is 0. The quantitative estimate of drug-likeness (QED) is 0.792. The van der Waals surface area contributed by atoms with E-state index < -0.39 is 0 Å². The van der Waals surface area contributed by atoms with Gasteiger partial charge in [-0.15, -0.1) is 11.3 Å². The number of nitrogens with two attached hydrogens (primary N) is 1. The Labute approximate surface area is 90.3 Å². The Morgan fingerprint density at radius 3 is 2.86 bits per heavy atom. The zero-order chi connectivity index (χ0) is 10.0. The van der Waals surface area contributed by atoms with Crippen molar-refractivity contribution in [3.8, 4) is 0 Å². The van der Waals surface area contributed by atoms with Crippen LogP contribution in [0.25, 0.3) is 0 Å². The molecular formula is C12H19NS. The van der Waals surface area contributed by atoms with Crippen LogP contribution < -0.4 is 5.73 Å². The van der Waals surface area contributed by atoms with Crippen molar-refractivity contribution in [2.45, 2.75) is 32.6 Å². The maximum Gasteiger partial charge on any atom is 0.00454 e. The highest BCUT2D eigenvalue weighted by atomic mass is 32.1. The number of hydrogen-bond donors (Lipinski definition) is 1. The largest absolute Gasteiger partial charge is 0.330 e. The Morgan fingerprint density at radius 1 is 1.57 bits per heavy atom. The van der Waals surface area contributed by atoms with Crippen LogP contribution in [0.4, 0.5) is 0 Å². The molecule has 1 aliphatic rings. The predicted molar refractivity (Wildman–Crippen MR) is 62.5 cm³/mol. The van der Waals surface area contributed by atoms with E-state index in [4.69, 9.17) is 5.73 Å². The van der Waals surface area contributed by atoms with E-state index in [9.17, 15) is 0 Å². The first-order valence-electron chi connectivity index (χ1n) is 5.47. The molecule has 2 N–H and O–H groups in total. The van der Waals surface area contributed by atoms with Gasteiger partial charge >= 0.3 is 0 Å². The first-order valence-corrected chi connectivity index (χ1v) is 6.35. The molecule has 0 bridgehead atoms. The van der Waals surface area contributed by atoms with Crippen molar-refractivity contribution in [2.24, 2.45) is 17.1 Å². The van der Waals surface area contributed by atoms with Crippen LogP contribution in [0, 0.1) is 11.3 Å². The maximum atomic E-state index is 5.89. The van der Waals surface area contributed by atoms with Crippen LogP contribution in [0.1, 0.15) is 31.1 Å². The van der Waals surface area contributed by atoms with Gasteiger partial charge < -0.3 is 5.73 Å². The van der Waals surface area contributed by atoms with Crippen LogP contribution in [0.5, 0.6) is 0 Å². The summed E-state index contributed by atoms with van der Waals surface area (Å²) in [5.74, 6) is 0.910. The monoisotopic (exact) mass is 209 g/mol. The molecule has 1 nitrogen and oxygen atoms in total. The van der Waals surface area contributed by atoms with Gasteiger partial charge in [-0.3, -0.25) is 0 Å². The van der Waals surface area contributed by atoms with E-state index >= 15 is 0 Å². The first-order chi connectivity index (χ1) is 6.74. The van der Waals surface area contributed by atoms with Crippen molar-refractivity contribution in [1.82, 2.24) is 0 Å². The van der Waals surface area contributed by atoms with Gasteiger partial charge in [0.15, 0.2) is 0 Å². The average molecular weight is 209 g/mol. The second kappa shape index (κ2) is 4.03. The summed E-state index contributed by atoms with van der Waals surface area (Å²) >= 11 is 1.87. The standard InChI is InChI=1S/C12H19NS/c1-12(9-13,10-4-5-10)7-6-11-3-2-8-14-11/h2-3,8,10H,4-7,9,13H2,1H3. The summed E-state index contributed by atoms with van der Waals surface area (Å²) in [5, 5.41) is 2.16. The molecule has 78 valence electrons. The summed E-state index contributed by atoms with van der Waals surface area (Å²) in [5.41, 5.74) is 6.30. The molecule has 1 saturated carbocycles. The SMILES string of the molecule is CC(CN)(CCc1cccs1)C1CC1. The lowest BCUT2D eigenvalue weighted by molar-refractivity contribution is 0.261. The van der Waals surface area contributed by atoms with Crippen LogP contribution in [0.3, 0.4) is 0 Å². The van der Waals surface area contributed by atoms with Gasteiger partial charge in [0.05, 0.1) is 0 Å². The number of aryl methyl sites for hydroxylation is 1. The van der Waals surface area contributed by atoms with Crippen LogP contribution in [0.15, 0.2) is 17.5 Å². The van der Waals surface area contributed by atoms with Crippen LogP contribution >= 0.6 is 11.3 Å². The lowest BCUT2D eigenvalue weighted by Crippen LogP contribution is -2.29. The third-order valence-corrected chi connectivity index (χ3v) is 4.49. The van der Waals surface area contributed by atoms with E-state index in [1.807, 2.05) is 11.3 Å². The Balaban J connectivity index is 1.89. The van der Waals surface area contributed by atoms with Gasteiger partial charge in [-0.1, -0.05) is 13.0 Å². The highest BCUT2D eigenvalue weighted by molar-refractivity contribution is 7.09. The van der Waals surface area contributed by atoms with Crippen molar-refractivity contribution in [3.63, 3.8) is 0 Å². The lowest BCUT2D eigenvalue weighted by Gasteiger charge is -2.27. The molecule has 0 radical (unpaired) electrons. The zero-order valence-corrected chi connectivity index (χ0v) is 9.65. The summed E-state index contributed by atoms with van der Waals surface area (Å²) in [6.07, 6.45) is 5.27. The second-order valence-corrected chi connectivity index (χ2v) is 5.74. The number of hydrogen-bond acceptors (Lipinski definition) is 2. The van der Waals surface area contributed by atoms with Gasteiger partial charge in [0.25, 0.3) is 0 Å². The smallest absolute Gasteiger partial charge is 0.00454 e. The van der Waals surface area contributed by atoms with Crippen molar-refractivity contribution < 1.29 is 0 Å². The Bertz CT molecular complexity index is 277. The molecule has 1 heterocycles. The van der Waals surface area contributed by atoms with Crippen molar-refractivity contribution in [3.05, 3.63) is 22.4 Å². The van der Waals surface area contributed by atoms with E-state index in [0.29, 0.717) is 5.41 Å². The Kier molecular flexibility index (Phi) is 2.93. The van der Waals surface area contributed by atoms with E-state index in [0.717, 1.165) is 12.5 Å². The summed E-state index contributed by atoms with van der Waals surface area (Å²) in [4.78, 5) is 1.50. The highest BCUT2D eigenvalue weighted by Crippen LogP contribution is 2.47. The fourth-order valence-corrected chi connectivity index (χ4v) is 2.83. The van der Waals surface area contributed by atoms with Gasteiger partial charge in [-0.05, 0) is 55.0 Å². The Morgan fingerprint density at radius 2 is 2.36 bits per heavy atom. The molecule has 0 saturated heterocycles. The van der Waals surface area contributed by atoms with E-state index in [1.54, 1.807) is 0 Å². The van der Waals surface area contributed by atoms with Gasteiger partial charge in [-0.2, -0.15) is 0 Å². The van der Waals surface area contributed by atoms with E-state index in [1.165, 1.54) is 30.6 Å². The topological polar surface area (TPSA) is 26.0 Å². The number of rotatable bonds is 5. The highest BCUT2D eigenvalue weighted by Gasteiger charge is 2.39. The van der Waals surface area contributed by atoms with Crippen molar-refractivity contribution in [2.75, 3.05) is 6.54 Å². The second-order valence-electron chi connectivity index (χ2n) is 4.71. The minimum atomic E-state index is 0.407. The molecule has 1 atom stereocenters. The third-order valence-electron chi connectivity index (χ3n) is 3.55. The molecule has 0 spiro atoms. The fraction of sp³-hybridized carbons (Fsp3) is 0.667. The van der Waals surface area contributed by atoms with Gasteiger partial charge in [0, 0.05) is 4.88 Å². The summed E-state index contributed by atoms with van der Waals surface area (Å²) in [6, 6.07) is 4.37. The normalized spacial score (nSPS) is 20.7. The van der Waals surface area contributed by atoms with Gasteiger partial charge in [-0.25, -0.2) is 0 Å². The molecular weight excluding hydrogens is 190 g/mol. The molecule has 2 rings (SSSR count). The Hall–Kier alpha value is -0.340. The van der Waals surface area contributed by atoms with Gasteiger partial charge in [0.1, 0.15) is 0 Å². The molecule has 0 amide bonds. The number of thiophene rings is 1. The van der Waals surface area contributed by atoms with Crippen molar-refractivity contribution in [1.29, 1.82) is 0 Å². The molecule has 1 fully saturated rings. The summed E-state index contributed by atoms with van der Waals surface area (Å²) in [6.45, 7) is 3.21. The van der Waals surface area contributed by atoms with Crippen molar-refractivity contribution >= 4 is 11.3 Å². The van der Waals surface area contributed by atoms with Crippen LogP contribution in [-0.4, -0.2) is 6.54 Å². The van der Waals surface area contributed by atoms with Crippen LogP contribution in [0.2, 0.25) is 0 Å².